The molecule has 1 heterocycles. The van der Waals surface area contributed by atoms with Gasteiger partial charge < -0.3 is 10.6 Å². The van der Waals surface area contributed by atoms with Gasteiger partial charge in [0, 0.05) is 22.7 Å². The number of hydrogen-bond donors (Lipinski definition) is 2. The second-order valence-corrected chi connectivity index (χ2v) is 7.36. The summed E-state index contributed by atoms with van der Waals surface area (Å²) in [5, 5.41) is 10.2. The van der Waals surface area contributed by atoms with Crippen LogP contribution in [0.2, 0.25) is 5.02 Å². The van der Waals surface area contributed by atoms with Crippen LogP contribution in [0.25, 0.3) is 0 Å². The normalized spacial score (nSPS) is 15.9. The second-order valence-electron chi connectivity index (χ2n) is 6.14. The molecule has 126 valence electrons. The number of halogens is 1. The fourth-order valence-corrected chi connectivity index (χ4v) is 4.14. The van der Waals surface area contributed by atoms with Gasteiger partial charge in [-0.1, -0.05) is 24.4 Å². The van der Waals surface area contributed by atoms with Crippen molar-refractivity contribution >= 4 is 40.4 Å². The standard InChI is InChI=1S/C18H19ClN2O2S/c19-14-3-5-15(6-4-14)21-17(23)16(22)20-12-18(8-1-2-9-18)13-7-10-24-11-13/h3-7,10-11H,1-2,8-9,12H2,(H,20,22)(H,21,23). The van der Waals surface area contributed by atoms with E-state index >= 15 is 0 Å². The number of carbonyl (C=O) groups excluding carboxylic acids is 2. The predicted octanol–water partition coefficient (Wildman–Crippen LogP) is 3.97. The van der Waals surface area contributed by atoms with Gasteiger partial charge >= 0.3 is 11.8 Å². The molecule has 1 aromatic carbocycles. The Labute approximate surface area is 150 Å². The van der Waals surface area contributed by atoms with Gasteiger partial charge in [0.05, 0.1) is 0 Å². The van der Waals surface area contributed by atoms with Gasteiger partial charge in [-0.25, -0.2) is 0 Å². The first-order chi connectivity index (χ1) is 11.6. The van der Waals surface area contributed by atoms with Gasteiger partial charge in [0.1, 0.15) is 0 Å². The first-order valence-corrected chi connectivity index (χ1v) is 9.29. The van der Waals surface area contributed by atoms with Crippen LogP contribution in [0.3, 0.4) is 0 Å². The van der Waals surface area contributed by atoms with E-state index in [1.54, 1.807) is 35.6 Å². The molecule has 0 radical (unpaired) electrons. The molecule has 1 aliphatic rings. The lowest BCUT2D eigenvalue weighted by Crippen LogP contribution is -2.43. The maximum Gasteiger partial charge on any atom is 0.313 e. The van der Waals surface area contributed by atoms with Crippen LogP contribution in [-0.2, 0) is 15.0 Å². The van der Waals surface area contributed by atoms with Crippen molar-refractivity contribution in [1.29, 1.82) is 0 Å². The molecule has 0 aliphatic heterocycles. The van der Waals surface area contributed by atoms with Gasteiger partial charge in [0.15, 0.2) is 0 Å². The van der Waals surface area contributed by atoms with Gasteiger partial charge in [-0.3, -0.25) is 9.59 Å². The van der Waals surface area contributed by atoms with E-state index in [1.807, 2.05) is 0 Å². The van der Waals surface area contributed by atoms with Gasteiger partial charge in [-0.15, -0.1) is 0 Å². The van der Waals surface area contributed by atoms with E-state index in [9.17, 15) is 9.59 Å². The second kappa shape index (κ2) is 7.36. The quantitative estimate of drug-likeness (QED) is 0.808. The summed E-state index contributed by atoms with van der Waals surface area (Å²) in [6, 6.07) is 8.78. The van der Waals surface area contributed by atoms with Crippen LogP contribution in [-0.4, -0.2) is 18.4 Å². The topological polar surface area (TPSA) is 58.2 Å². The molecule has 24 heavy (non-hydrogen) atoms. The average Bonchev–Trinajstić information content (AvgIpc) is 3.26. The Morgan fingerprint density at radius 2 is 1.79 bits per heavy atom. The minimum atomic E-state index is -0.657. The zero-order valence-electron chi connectivity index (χ0n) is 13.2. The SMILES string of the molecule is O=C(NCC1(c2ccsc2)CCCC1)C(=O)Nc1ccc(Cl)cc1. The van der Waals surface area contributed by atoms with E-state index in [-0.39, 0.29) is 5.41 Å². The fourth-order valence-electron chi connectivity index (χ4n) is 3.24. The lowest BCUT2D eigenvalue weighted by Gasteiger charge is -2.28. The zero-order valence-corrected chi connectivity index (χ0v) is 14.8. The van der Waals surface area contributed by atoms with E-state index in [0.29, 0.717) is 17.3 Å². The summed E-state index contributed by atoms with van der Waals surface area (Å²) in [5.41, 5.74) is 1.78. The molecule has 0 atom stereocenters. The molecule has 0 saturated heterocycles. The fraction of sp³-hybridized carbons (Fsp3) is 0.333. The van der Waals surface area contributed by atoms with Gasteiger partial charge in [0.2, 0.25) is 0 Å². The Morgan fingerprint density at radius 1 is 1.08 bits per heavy atom. The number of carbonyl (C=O) groups is 2. The van der Waals surface area contributed by atoms with Crippen molar-refractivity contribution in [3.8, 4) is 0 Å². The van der Waals surface area contributed by atoms with E-state index in [1.165, 1.54) is 5.56 Å². The zero-order chi connectivity index (χ0) is 17.0. The van der Waals surface area contributed by atoms with Gasteiger partial charge in [0.25, 0.3) is 0 Å². The molecule has 0 bridgehead atoms. The van der Waals surface area contributed by atoms with Gasteiger partial charge in [-0.05, 0) is 59.5 Å². The molecule has 1 saturated carbocycles. The maximum absolute atomic E-state index is 12.1. The third-order valence-corrected chi connectivity index (χ3v) is 5.53. The third kappa shape index (κ3) is 3.79. The summed E-state index contributed by atoms with van der Waals surface area (Å²) in [7, 11) is 0. The van der Waals surface area contributed by atoms with Crippen LogP contribution in [0.1, 0.15) is 31.2 Å². The highest BCUT2D eigenvalue weighted by molar-refractivity contribution is 7.08. The van der Waals surface area contributed by atoms with Crippen LogP contribution >= 0.6 is 22.9 Å². The van der Waals surface area contributed by atoms with Crippen molar-refractivity contribution in [3.05, 3.63) is 51.7 Å². The number of amides is 2. The molecule has 1 aromatic heterocycles. The Balaban J connectivity index is 1.59. The molecule has 3 rings (SSSR count). The number of rotatable bonds is 4. The Morgan fingerprint density at radius 3 is 2.42 bits per heavy atom. The monoisotopic (exact) mass is 362 g/mol. The summed E-state index contributed by atoms with van der Waals surface area (Å²) in [4.78, 5) is 24.2. The molecule has 1 fully saturated rings. The number of nitrogens with one attached hydrogen (secondary N) is 2. The summed E-state index contributed by atoms with van der Waals surface area (Å²) in [5.74, 6) is -1.26. The number of thiophene rings is 1. The number of benzene rings is 1. The minimum Gasteiger partial charge on any atom is -0.347 e. The summed E-state index contributed by atoms with van der Waals surface area (Å²) >= 11 is 7.47. The molecule has 0 spiro atoms. The molecule has 1 aliphatic carbocycles. The molecule has 6 heteroatoms. The molecule has 2 amide bonds. The van der Waals surface area contributed by atoms with Crippen LogP contribution in [0.4, 0.5) is 5.69 Å². The lowest BCUT2D eigenvalue weighted by atomic mass is 9.80. The molecule has 4 nitrogen and oxygen atoms in total. The predicted molar refractivity (Wildman–Crippen MR) is 97.6 cm³/mol. The maximum atomic E-state index is 12.1. The van der Waals surface area contributed by atoms with E-state index in [0.717, 1.165) is 25.7 Å². The van der Waals surface area contributed by atoms with Crippen molar-refractivity contribution in [2.45, 2.75) is 31.1 Å². The Kier molecular flexibility index (Phi) is 5.21. The molecule has 0 unspecified atom stereocenters. The van der Waals surface area contributed by atoms with E-state index in [4.69, 9.17) is 11.6 Å². The van der Waals surface area contributed by atoms with E-state index < -0.39 is 11.8 Å². The minimum absolute atomic E-state index is 0.0315. The van der Waals surface area contributed by atoms with Crippen molar-refractivity contribution in [1.82, 2.24) is 5.32 Å². The van der Waals surface area contributed by atoms with Crippen molar-refractivity contribution in [3.63, 3.8) is 0 Å². The molecule has 2 N–H and O–H groups in total. The van der Waals surface area contributed by atoms with Crippen LogP contribution in [0, 0.1) is 0 Å². The number of hydrogen-bond acceptors (Lipinski definition) is 3. The van der Waals surface area contributed by atoms with Crippen LogP contribution in [0.5, 0.6) is 0 Å². The molecular weight excluding hydrogens is 344 g/mol. The largest absolute Gasteiger partial charge is 0.347 e. The highest BCUT2D eigenvalue weighted by Crippen LogP contribution is 2.41. The first-order valence-electron chi connectivity index (χ1n) is 7.96. The molecular formula is C18H19ClN2O2S. The van der Waals surface area contributed by atoms with Crippen molar-refractivity contribution < 1.29 is 9.59 Å². The van der Waals surface area contributed by atoms with Gasteiger partial charge in [-0.2, -0.15) is 11.3 Å². The first kappa shape index (κ1) is 17.0. The lowest BCUT2D eigenvalue weighted by molar-refractivity contribution is -0.136. The highest BCUT2D eigenvalue weighted by Gasteiger charge is 2.36. The average molecular weight is 363 g/mol. The van der Waals surface area contributed by atoms with Crippen molar-refractivity contribution in [2.24, 2.45) is 0 Å². The summed E-state index contributed by atoms with van der Waals surface area (Å²) in [6.45, 7) is 0.497. The third-order valence-electron chi connectivity index (χ3n) is 4.59. The summed E-state index contributed by atoms with van der Waals surface area (Å²) in [6.07, 6.45) is 4.40. The number of anilines is 1. The van der Waals surface area contributed by atoms with Crippen LogP contribution < -0.4 is 10.6 Å². The Bertz CT molecular complexity index is 707. The van der Waals surface area contributed by atoms with Crippen LogP contribution in [0.15, 0.2) is 41.1 Å². The summed E-state index contributed by atoms with van der Waals surface area (Å²) < 4.78 is 0. The molecule has 2 aromatic rings. The Hall–Kier alpha value is -1.85. The highest BCUT2D eigenvalue weighted by atomic mass is 35.5. The van der Waals surface area contributed by atoms with Crippen molar-refractivity contribution in [2.75, 3.05) is 11.9 Å². The smallest absolute Gasteiger partial charge is 0.313 e. The van der Waals surface area contributed by atoms with E-state index in [2.05, 4.69) is 27.5 Å².